The minimum Gasteiger partial charge on any atom is -0.356 e. The number of nitrogens with one attached hydrogen (secondary N) is 2. The fraction of sp³-hybridized carbons (Fsp3) is 0.583. The molecule has 1 aromatic carbocycles. The zero-order valence-electron chi connectivity index (χ0n) is 18.4. The number of hydrogen-bond donors (Lipinski definition) is 2. The summed E-state index contributed by atoms with van der Waals surface area (Å²) in [6.07, 6.45) is 6.04. The molecule has 1 saturated heterocycles. The van der Waals surface area contributed by atoms with E-state index in [-0.39, 0.29) is 0 Å². The molecule has 1 aromatic heterocycles. The third-order valence-corrected chi connectivity index (χ3v) is 7.65. The van der Waals surface area contributed by atoms with Gasteiger partial charge >= 0.3 is 0 Å². The van der Waals surface area contributed by atoms with Gasteiger partial charge in [0.25, 0.3) is 0 Å². The summed E-state index contributed by atoms with van der Waals surface area (Å²) < 4.78 is 0. The predicted molar refractivity (Wildman–Crippen MR) is 126 cm³/mol. The van der Waals surface area contributed by atoms with Gasteiger partial charge in [-0.15, -0.1) is 11.3 Å². The van der Waals surface area contributed by atoms with Crippen molar-refractivity contribution in [1.82, 2.24) is 20.5 Å². The molecule has 0 atom stereocenters. The Morgan fingerprint density at radius 1 is 1.20 bits per heavy atom. The fourth-order valence-electron chi connectivity index (χ4n) is 4.39. The van der Waals surface area contributed by atoms with Crippen molar-refractivity contribution in [3.63, 3.8) is 0 Å². The van der Waals surface area contributed by atoms with Crippen LogP contribution >= 0.6 is 11.3 Å². The van der Waals surface area contributed by atoms with Gasteiger partial charge in [0, 0.05) is 37.5 Å². The van der Waals surface area contributed by atoms with E-state index < -0.39 is 0 Å². The monoisotopic (exact) mass is 425 g/mol. The fourth-order valence-corrected chi connectivity index (χ4v) is 5.12. The smallest absolute Gasteiger partial charge is 0.191 e. The topological polar surface area (TPSA) is 52.6 Å². The number of nitrogens with zero attached hydrogens (tertiary/aromatic N) is 3. The lowest BCUT2D eigenvalue weighted by Gasteiger charge is -2.32. The molecule has 2 fully saturated rings. The number of piperidine rings is 1. The van der Waals surface area contributed by atoms with Gasteiger partial charge in [0.05, 0.1) is 10.7 Å². The second kappa shape index (κ2) is 9.92. The van der Waals surface area contributed by atoms with Crippen molar-refractivity contribution in [2.75, 3.05) is 33.2 Å². The van der Waals surface area contributed by atoms with Crippen LogP contribution in [0.2, 0.25) is 0 Å². The molecule has 0 amide bonds. The molecule has 1 saturated carbocycles. The van der Waals surface area contributed by atoms with Gasteiger partial charge in [-0.2, -0.15) is 0 Å². The molecular formula is C24H35N5S. The van der Waals surface area contributed by atoms with E-state index in [4.69, 9.17) is 4.98 Å². The Morgan fingerprint density at radius 3 is 2.60 bits per heavy atom. The van der Waals surface area contributed by atoms with E-state index in [1.165, 1.54) is 41.9 Å². The highest BCUT2D eigenvalue weighted by Gasteiger charge is 2.44. The summed E-state index contributed by atoms with van der Waals surface area (Å²) in [5, 5.41) is 10.6. The standard InChI is InChI=1S/C24H35N5S/c1-3-22-28-21(17-30-22)16-29-13-9-19(10-14-29)15-26-23(25-2)27-18-24(11-12-24)20-7-5-4-6-8-20/h4-8,17,19H,3,9-16,18H2,1-2H3,(H2,25,26,27). The Bertz CT molecular complexity index is 819. The summed E-state index contributed by atoms with van der Waals surface area (Å²) in [6, 6.07) is 10.9. The average Bonchev–Trinajstić information content (AvgIpc) is 3.46. The van der Waals surface area contributed by atoms with Crippen molar-refractivity contribution >= 4 is 17.3 Å². The first-order valence-corrected chi connectivity index (χ1v) is 12.2. The number of aliphatic imine (C=N–C) groups is 1. The number of likely N-dealkylation sites (tertiary alicyclic amines) is 1. The third kappa shape index (κ3) is 5.41. The Labute approximate surface area is 185 Å². The van der Waals surface area contributed by atoms with Crippen molar-refractivity contribution in [1.29, 1.82) is 0 Å². The number of thiazole rings is 1. The van der Waals surface area contributed by atoms with Crippen LogP contribution in [0, 0.1) is 5.92 Å². The lowest BCUT2D eigenvalue weighted by molar-refractivity contribution is 0.176. The van der Waals surface area contributed by atoms with Gasteiger partial charge in [0.15, 0.2) is 5.96 Å². The van der Waals surface area contributed by atoms with Crippen LogP contribution < -0.4 is 10.6 Å². The molecule has 6 heteroatoms. The first kappa shape index (κ1) is 21.3. The summed E-state index contributed by atoms with van der Waals surface area (Å²) in [4.78, 5) is 11.7. The van der Waals surface area contributed by atoms with Crippen LogP contribution in [0.25, 0.3) is 0 Å². The summed E-state index contributed by atoms with van der Waals surface area (Å²) in [5.41, 5.74) is 2.99. The van der Waals surface area contributed by atoms with Crippen molar-refractivity contribution in [3.8, 4) is 0 Å². The minimum absolute atomic E-state index is 0.303. The SMILES string of the molecule is CCc1nc(CN2CCC(CNC(=NC)NCC3(c4ccccc4)CC3)CC2)cs1. The maximum atomic E-state index is 4.72. The summed E-state index contributed by atoms with van der Waals surface area (Å²) in [7, 11) is 1.87. The Kier molecular flexibility index (Phi) is 7.05. The van der Waals surface area contributed by atoms with Gasteiger partial charge < -0.3 is 10.6 Å². The first-order valence-electron chi connectivity index (χ1n) is 11.4. The van der Waals surface area contributed by atoms with Gasteiger partial charge in [0.2, 0.25) is 0 Å². The molecule has 30 heavy (non-hydrogen) atoms. The average molecular weight is 426 g/mol. The molecule has 5 nitrogen and oxygen atoms in total. The molecule has 2 aromatic rings. The molecule has 2 heterocycles. The second-order valence-electron chi connectivity index (χ2n) is 8.76. The van der Waals surface area contributed by atoms with Crippen LogP contribution in [0.3, 0.4) is 0 Å². The number of aromatic nitrogens is 1. The number of rotatable bonds is 8. The predicted octanol–water partition coefficient (Wildman–Crippen LogP) is 3.81. The molecule has 0 radical (unpaired) electrons. The molecule has 1 aliphatic heterocycles. The van der Waals surface area contributed by atoms with Crippen LogP contribution in [0.1, 0.15) is 48.9 Å². The van der Waals surface area contributed by atoms with Crippen LogP contribution in [0.5, 0.6) is 0 Å². The normalized spacial score (nSPS) is 19.6. The Morgan fingerprint density at radius 2 is 1.97 bits per heavy atom. The molecular weight excluding hydrogens is 390 g/mol. The van der Waals surface area contributed by atoms with E-state index in [0.717, 1.165) is 45.1 Å². The van der Waals surface area contributed by atoms with Gasteiger partial charge in [-0.1, -0.05) is 37.3 Å². The molecule has 2 aliphatic rings. The van der Waals surface area contributed by atoms with Gasteiger partial charge in [-0.3, -0.25) is 9.89 Å². The van der Waals surface area contributed by atoms with E-state index >= 15 is 0 Å². The lowest BCUT2D eigenvalue weighted by Crippen LogP contribution is -2.44. The third-order valence-electron chi connectivity index (χ3n) is 6.61. The maximum Gasteiger partial charge on any atom is 0.191 e. The first-order chi connectivity index (χ1) is 14.7. The highest BCUT2D eigenvalue weighted by Crippen LogP contribution is 2.47. The van der Waals surface area contributed by atoms with E-state index in [2.05, 4.69) is 63.2 Å². The minimum atomic E-state index is 0.303. The van der Waals surface area contributed by atoms with Crippen LogP contribution in [0.15, 0.2) is 40.7 Å². The van der Waals surface area contributed by atoms with Crippen molar-refractivity contribution in [2.45, 2.75) is 51.0 Å². The number of benzene rings is 1. The van der Waals surface area contributed by atoms with E-state index in [1.807, 2.05) is 7.05 Å². The van der Waals surface area contributed by atoms with E-state index in [9.17, 15) is 0 Å². The van der Waals surface area contributed by atoms with Gasteiger partial charge in [-0.05, 0) is 56.7 Å². The number of guanidine groups is 1. The highest BCUT2D eigenvalue weighted by atomic mass is 32.1. The van der Waals surface area contributed by atoms with E-state index in [0.29, 0.717) is 11.3 Å². The van der Waals surface area contributed by atoms with Crippen molar-refractivity contribution < 1.29 is 0 Å². The van der Waals surface area contributed by atoms with Crippen molar-refractivity contribution in [2.24, 2.45) is 10.9 Å². The molecule has 162 valence electrons. The van der Waals surface area contributed by atoms with Crippen LogP contribution in [-0.4, -0.2) is 49.1 Å². The quantitative estimate of drug-likeness (QED) is 0.499. The molecule has 0 spiro atoms. The zero-order chi connectivity index (χ0) is 20.8. The second-order valence-corrected chi connectivity index (χ2v) is 9.70. The van der Waals surface area contributed by atoms with Gasteiger partial charge in [-0.25, -0.2) is 4.98 Å². The Hall–Kier alpha value is -1.92. The maximum absolute atomic E-state index is 4.72. The molecule has 1 aliphatic carbocycles. The zero-order valence-corrected chi connectivity index (χ0v) is 19.2. The summed E-state index contributed by atoms with van der Waals surface area (Å²) in [5.74, 6) is 1.65. The van der Waals surface area contributed by atoms with Crippen molar-refractivity contribution in [3.05, 3.63) is 52.0 Å². The molecule has 0 bridgehead atoms. The van der Waals surface area contributed by atoms with Gasteiger partial charge in [0.1, 0.15) is 0 Å². The van der Waals surface area contributed by atoms with Crippen LogP contribution in [-0.2, 0) is 18.4 Å². The van der Waals surface area contributed by atoms with E-state index in [1.54, 1.807) is 11.3 Å². The number of aryl methyl sites for hydroxylation is 1. The summed E-state index contributed by atoms with van der Waals surface area (Å²) >= 11 is 1.79. The Balaban J connectivity index is 1.17. The summed E-state index contributed by atoms with van der Waals surface area (Å²) in [6.45, 7) is 7.46. The molecule has 2 N–H and O–H groups in total. The van der Waals surface area contributed by atoms with Crippen LogP contribution in [0.4, 0.5) is 0 Å². The lowest BCUT2D eigenvalue weighted by atomic mass is 9.96. The highest BCUT2D eigenvalue weighted by molar-refractivity contribution is 7.09. The largest absolute Gasteiger partial charge is 0.356 e. The molecule has 0 unspecified atom stereocenters. The molecule has 4 rings (SSSR count). The number of hydrogen-bond acceptors (Lipinski definition) is 4.